The SMILES string of the molecule is COc1ccc(CCNc2cc(C(=O)Nc3ccc(C(C)C)cc3)ncn2)cc1. The Balaban J connectivity index is 1.55. The maximum absolute atomic E-state index is 12.5. The van der Waals surface area contributed by atoms with E-state index in [-0.39, 0.29) is 5.91 Å². The minimum atomic E-state index is -0.261. The number of aromatic nitrogens is 2. The van der Waals surface area contributed by atoms with Crippen molar-refractivity contribution in [1.82, 2.24) is 9.97 Å². The molecule has 0 aliphatic heterocycles. The molecule has 0 unspecified atom stereocenters. The van der Waals surface area contributed by atoms with E-state index in [1.54, 1.807) is 13.2 Å². The average molecular weight is 390 g/mol. The largest absolute Gasteiger partial charge is 0.497 e. The zero-order valence-electron chi connectivity index (χ0n) is 17.0. The van der Waals surface area contributed by atoms with Gasteiger partial charge in [-0.05, 0) is 47.7 Å². The molecule has 0 fully saturated rings. The molecule has 6 nitrogen and oxygen atoms in total. The number of hydrogen-bond acceptors (Lipinski definition) is 5. The number of benzene rings is 2. The molecule has 6 heteroatoms. The molecule has 0 saturated heterocycles. The van der Waals surface area contributed by atoms with Crippen molar-refractivity contribution >= 4 is 17.4 Å². The first-order chi connectivity index (χ1) is 14.0. The number of carbonyl (C=O) groups excluding carboxylic acids is 1. The molecule has 0 atom stereocenters. The van der Waals surface area contributed by atoms with Gasteiger partial charge in [0, 0.05) is 18.3 Å². The van der Waals surface area contributed by atoms with E-state index in [4.69, 9.17) is 4.74 Å². The second-order valence-corrected chi connectivity index (χ2v) is 7.04. The summed E-state index contributed by atoms with van der Waals surface area (Å²) in [5.41, 5.74) is 3.48. The van der Waals surface area contributed by atoms with Gasteiger partial charge in [-0.3, -0.25) is 4.79 Å². The molecule has 150 valence electrons. The molecule has 0 aliphatic carbocycles. The molecule has 3 aromatic rings. The van der Waals surface area contributed by atoms with Crippen LogP contribution in [0.1, 0.15) is 41.4 Å². The summed E-state index contributed by atoms with van der Waals surface area (Å²) in [7, 11) is 1.65. The van der Waals surface area contributed by atoms with Crippen LogP contribution in [0, 0.1) is 0 Å². The lowest BCUT2D eigenvalue weighted by Crippen LogP contribution is -2.15. The maximum Gasteiger partial charge on any atom is 0.274 e. The van der Waals surface area contributed by atoms with Crippen molar-refractivity contribution in [2.24, 2.45) is 0 Å². The van der Waals surface area contributed by atoms with Crippen LogP contribution >= 0.6 is 0 Å². The lowest BCUT2D eigenvalue weighted by molar-refractivity contribution is 0.102. The quantitative estimate of drug-likeness (QED) is 0.592. The molecule has 0 radical (unpaired) electrons. The second-order valence-electron chi connectivity index (χ2n) is 7.04. The van der Waals surface area contributed by atoms with Crippen molar-refractivity contribution in [1.29, 1.82) is 0 Å². The van der Waals surface area contributed by atoms with Gasteiger partial charge in [-0.25, -0.2) is 9.97 Å². The van der Waals surface area contributed by atoms with Crippen LogP contribution in [0.15, 0.2) is 60.9 Å². The van der Waals surface area contributed by atoms with Gasteiger partial charge >= 0.3 is 0 Å². The van der Waals surface area contributed by atoms with Crippen molar-refractivity contribution in [3.05, 3.63) is 77.7 Å². The highest BCUT2D eigenvalue weighted by Crippen LogP contribution is 2.18. The van der Waals surface area contributed by atoms with E-state index < -0.39 is 0 Å². The first kappa shape index (κ1) is 20.3. The Morgan fingerprint density at radius 2 is 1.76 bits per heavy atom. The van der Waals surface area contributed by atoms with E-state index in [1.807, 2.05) is 48.5 Å². The van der Waals surface area contributed by atoms with Gasteiger partial charge in [0.05, 0.1) is 7.11 Å². The summed E-state index contributed by atoms with van der Waals surface area (Å²) in [5, 5.41) is 6.11. The van der Waals surface area contributed by atoms with Gasteiger partial charge in [-0.2, -0.15) is 0 Å². The Bertz CT molecular complexity index is 938. The van der Waals surface area contributed by atoms with Gasteiger partial charge in [0.15, 0.2) is 0 Å². The Morgan fingerprint density at radius 3 is 2.41 bits per heavy atom. The predicted octanol–water partition coefficient (Wildman–Crippen LogP) is 4.52. The maximum atomic E-state index is 12.5. The van der Waals surface area contributed by atoms with Crippen LogP contribution in [-0.2, 0) is 6.42 Å². The third-order valence-corrected chi connectivity index (χ3v) is 4.61. The van der Waals surface area contributed by atoms with E-state index >= 15 is 0 Å². The zero-order chi connectivity index (χ0) is 20.6. The van der Waals surface area contributed by atoms with Crippen molar-refractivity contribution < 1.29 is 9.53 Å². The van der Waals surface area contributed by atoms with Gasteiger partial charge in [0.2, 0.25) is 0 Å². The zero-order valence-corrected chi connectivity index (χ0v) is 17.0. The smallest absolute Gasteiger partial charge is 0.274 e. The van der Waals surface area contributed by atoms with Gasteiger partial charge in [-0.15, -0.1) is 0 Å². The number of methoxy groups -OCH3 is 1. The molecule has 0 spiro atoms. The molecular weight excluding hydrogens is 364 g/mol. The summed E-state index contributed by atoms with van der Waals surface area (Å²) in [6.45, 7) is 4.97. The molecule has 0 aliphatic rings. The van der Waals surface area contributed by atoms with Gasteiger partial charge in [0.1, 0.15) is 23.6 Å². The number of ether oxygens (including phenoxy) is 1. The molecule has 3 rings (SSSR count). The minimum absolute atomic E-state index is 0.261. The van der Waals surface area contributed by atoms with E-state index in [0.717, 1.165) is 17.9 Å². The van der Waals surface area contributed by atoms with Crippen molar-refractivity contribution in [2.75, 3.05) is 24.3 Å². The molecule has 1 aromatic heterocycles. The van der Waals surface area contributed by atoms with E-state index in [9.17, 15) is 4.79 Å². The van der Waals surface area contributed by atoms with Crippen LogP contribution in [0.3, 0.4) is 0 Å². The normalized spacial score (nSPS) is 10.6. The first-order valence-electron chi connectivity index (χ1n) is 9.65. The average Bonchev–Trinajstić information content (AvgIpc) is 2.75. The topological polar surface area (TPSA) is 76.1 Å². The molecule has 0 bridgehead atoms. The second kappa shape index (κ2) is 9.68. The number of nitrogens with one attached hydrogen (secondary N) is 2. The first-order valence-corrected chi connectivity index (χ1v) is 9.65. The molecule has 0 saturated carbocycles. The highest BCUT2D eigenvalue weighted by molar-refractivity contribution is 6.03. The molecule has 1 heterocycles. The summed E-state index contributed by atoms with van der Waals surface area (Å²) in [5.74, 6) is 1.65. The lowest BCUT2D eigenvalue weighted by atomic mass is 10.0. The van der Waals surface area contributed by atoms with Crippen LogP contribution < -0.4 is 15.4 Å². The van der Waals surface area contributed by atoms with Crippen molar-refractivity contribution in [3.63, 3.8) is 0 Å². The van der Waals surface area contributed by atoms with Crippen molar-refractivity contribution in [3.8, 4) is 5.75 Å². The number of anilines is 2. The molecule has 2 aromatic carbocycles. The third kappa shape index (κ3) is 5.78. The highest BCUT2D eigenvalue weighted by atomic mass is 16.5. The Morgan fingerprint density at radius 1 is 1.03 bits per heavy atom. The Kier molecular flexibility index (Phi) is 6.79. The number of amides is 1. The molecule has 1 amide bonds. The summed E-state index contributed by atoms with van der Waals surface area (Å²) in [6, 6.07) is 17.5. The Labute approximate surface area is 171 Å². The summed E-state index contributed by atoms with van der Waals surface area (Å²) in [6.07, 6.45) is 2.23. The van der Waals surface area contributed by atoms with Gasteiger partial charge in [-0.1, -0.05) is 38.1 Å². The number of hydrogen-bond donors (Lipinski definition) is 2. The van der Waals surface area contributed by atoms with Gasteiger partial charge in [0.25, 0.3) is 5.91 Å². The minimum Gasteiger partial charge on any atom is -0.497 e. The fourth-order valence-electron chi connectivity index (χ4n) is 2.85. The summed E-state index contributed by atoms with van der Waals surface area (Å²) >= 11 is 0. The summed E-state index contributed by atoms with van der Waals surface area (Å²) in [4.78, 5) is 20.8. The van der Waals surface area contributed by atoms with Crippen LogP contribution in [0.2, 0.25) is 0 Å². The van der Waals surface area contributed by atoms with E-state index in [2.05, 4.69) is 34.4 Å². The highest BCUT2D eigenvalue weighted by Gasteiger charge is 2.10. The van der Waals surface area contributed by atoms with Crippen molar-refractivity contribution in [2.45, 2.75) is 26.2 Å². The standard InChI is InChI=1S/C23H26N4O2/c1-16(2)18-6-8-19(9-7-18)27-23(28)21-14-22(26-15-25-21)24-13-12-17-4-10-20(29-3)11-5-17/h4-11,14-16H,12-13H2,1-3H3,(H,27,28)(H,24,25,26). The Hall–Kier alpha value is -3.41. The monoisotopic (exact) mass is 390 g/mol. The van der Waals surface area contributed by atoms with Crippen LogP contribution in [0.5, 0.6) is 5.75 Å². The lowest BCUT2D eigenvalue weighted by Gasteiger charge is -2.09. The predicted molar refractivity (Wildman–Crippen MR) is 116 cm³/mol. The molecular formula is C23H26N4O2. The molecule has 2 N–H and O–H groups in total. The fraction of sp³-hybridized carbons (Fsp3) is 0.261. The third-order valence-electron chi connectivity index (χ3n) is 4.61. The van der Waals surface area contributed by atoms with Crippen LogP contribution in [0.25, 0.3) is 0 Å². The van der Waals surface area contributed by atoms with Gasteiger partial charge < -0.3 is 15.4 Å². The number of rotatable bonds is 8. The van der Waals surface area contributed by atoms with E-state index in [0.29, 0.717) is 24.0 Å². The summed E-state index contributed by atoms with van der Waals surface area (Å²) < 4.78 is 5.17. The van der Waals surface area contributed by atoms with Crippen LogP contribution in [0.4, 0.5) is 11.5 Å². The van der Waals surface area contributed by atoms with Crippen LogP contribution in [-0.4, -0.2) is 29.5 Å². The number of carbonyl (C=O) groups is 1. The fourth-order valence-corrected chi connectivity index (χ4v) is 2.85. The van der Waals surface area contributed by atoms with E-state index in [1.165, 1.54) is 17.5 Å². The number of nitrogens with zero attached hydrogens (tertiary/aromatic N) is 2. The molecule has 29 heavy (non-hydrogen) atoms.